The Labute approximate surface area is 112 Å². The number of nitrogens with zero attached hydrogens (tertiary/aromatic N) is 2. The molecule has 2 aromatic rings. The van der Waals surface area contributed by atoms with Crippen molar-refractivity contribution >= 4 is 5.97 Å². The van der Waals surface area contributed by atoms with E-state index < -0.39 is 12.0 Å². The normalized spacial score (nSPS) is 12.1. The molecular weight excluding hydrogens is 242 g/mol. The minimum atomic E-state index is -0.656. The summed E-state index contributed by atoms with van der Waals surface area (Å²) >= 11 is 0. The molecule has 0 aliphatic heterocycles. The second-order valence-electron chi connectivity index (χ2n) is 4.33. The average molecular weight is 259 g/mol. The minimum Gasteiger partial charge on any atom is -0.468 e. The van der Waals surface area contributed by atoms with Crippen LogP contribution in [0.4, 0.5) is 0 Å². The van der Waals surface area contributed by atoms with Gasteiger partial charge in [0.15, 0.2) is 0 Å². The zero-order valence-electron chi connectivity index (χ0n) is 10.8. The van der Waals surface area contributed by atoms with E-state index in [1.165, 1.54) is 12.7 Å². The Morgan fingerprint density at radius 2 is 2.16 bits per heavy atom. The number of carbonyl (C=O) groups excluding carboxylic acids is 1. The number of ether oxygens (including phenoxy) is 1. The molecule has 1 atom stereocenters. The molecule has 0 saturated carbocycles. The highest BCUT2D eigenvalue weighted by Crippen LogP contribution is 2.08. The maximum absolute atomic E-state index is 11.3. The summed E-state index contributed by atoms with van der Waals surface area (Å²) < 4.78 is 6.61. The number of rotatable bonds is 5. The fourth-order valence-electron chi connectivity index (χ4n) is 1.90. The van der Waals surface area contributed by atoms with E-state index in [0.29, 0.717) is 13.0 Å². The van der Waals surface area contributed by atoms with Crippen molar-refractivity contribution in [3.05, 3.63) is 54.1 Å². The Balaban J connectivity index is 2.08. The zero-order chi connectivity index (χ0) is 13.7. The molecule has 5 heteroatoms. The first-order valence-corrected chi connectivity index (χ1v) is 6.07. The van der Waals surface area contributed by atoms with E-state index in [4.69, 9.17) is 5.73 Å². The van der Waals surface area contributed by atoms with Crippen molar-refractivity contribution < 1.29 is 9.53 Å². The zero-order valence-corrected chi connectivity index (χ0v) is 10.8. The van der Waals surface area contributed by atoms with Crippen LogP contribution in [0.2, 0.25) is 0 Å². The number of nitrogens with two attached hydrogens (primary N) is 1. The summed E-state index contributed by atoms with van der Waals surface area (Å²) in [6.45, 7) is 0.712. The summed E-state index contributed by atoms with van der Waals surface area (Å²) in [4.78, 5) is 15.4. The van der Waals surface area contributed by atoms with Gasteiger partial charge in [0, 0.05) is 24.9 Å². The second-order valence-corrected chi connectivity index (χ2v) is 4.33. The molecule has 0 saturated heterocycles. The van der Waals surface area contributed by atoms with Crippen LogP contribution in [0.15, 0.2) is 42.9 Å². The molecule has 1 heterocycles. The summed E-state index contributed by atoms with van der Waals surface area (Å²) in [6.07, 6.45) is 3.89. The summed E-state index contributed by atoms with van der Waals surface area (Å²) in [7, 11) is 1.34. The SMILES string of the molecule is COC(=O)C(N)Cc1cncn1Cc1ccccc1. The monoisotopic (exact) mass is 259 g/mol. The molecule has 0 spiro atoms. The van der Waals surface area contributed by atoms with Crippen LogP contribution in [0.3, 0.4) is 0 Å². The first-order chi connectivity index (χ1) is 9.20. The highest BCUT2D eigenvalue weighted by molar-refractivity contribution is 5.75. The van der Waals surface area contributed by atoms with Crippen LogP contribution >= 0.6 is 0 Å². The Morgan fingerprint density at radius 1 is 1.42 bits per heavy atom. The van der Waals surface area contributed by atoms with Crippen LogP contribution < -0.4 is 5.73 Å². The lowest BCUT2D eigenvalue weighted by Gasteiger charge is -2.11. The number of hydrogen-bond donors (Lipinski definition) is 1. The van der Waals surface area contributed by atoms with Crippen LogP contribution in [0.5, 0.6) is 0 Å². The molecule has 2 N–H and O–H groups in total. The molecule has 1 unspecified atom stereocenters. The van der Waals surface area contributed by atoms with Crippen molar-refractivity contribution in [3.63, 3.8) is 0 Å². The fourth-order valence-corrected chi connectivity index (χ4v) is 1.90. The van der Waals surface area contributed by atoms with Crippen molar-refractivity contribution in [2.24, 2.45) is 5.73 Å². The smallest absolute Gasteiger partial charge is 0.323 e. The lowest BCUT2D eigenvalue weighted by Crippen LogP contribution is -2.34. The molecule has 0 fully saturated rings. The standard InChI is InChI=1S/C14H17N3O2/c1-19-14(18)13(15)7-12-8-16-10-17(12)9-11-5-3-2-4-6-11/h2-6,8,10,13H,7,9,15H2,1H3. The van der Waals surface area contributed by atoms with Crippen molar-refractivity contribution in [2.45, 2.75) is 19.0 Å². The van der Waals surface area contributed by atoms with Gasteiger partial charge in [-0.2, -0.15) is 0 Å². The molecule has 2 rings (SSSR count). The molecular formula is C14H17N3O2. The van der Waals surface area contributed by atoms with Gasteiger partial charge in [0.2, 0.25) is 0 Å². The largest absolute Gasteiger partial charge is 0.468 e. The second kappa shape index (κ2) is 6.15. The van der Waals surface area contributed by atoms with Crippen LogP contribution in [-0.2, 0) is 22.5 Å². The molecule has 0 amide bonds. The van der Waals surface area contributed by atoms with Crippen LogP contribution in [0.25, 0.3) is 0 Å². The number of aromatic nitrogens is 2. The van der Waals surface area contributed by atoms with E-state index in [1.807, 2.05) is 34.9 Å². The van der Waals surface area contributed by atoms with Gasteiger partial charge in [-0.3, -0.25) is 4.79 Å². The van der Waals surface area contributed by atoms with Crippen molar-refractivity contribution in [1.29, 1.82) is 0 Å². The van der Waals surface area contributed by atoms with E-state index in [9.17, 15) is 4.79 Å². The fraction of sp³-hybridized carbons (Fsp3) is 0.286. The van der Waals surface area contributed by atoms with E-state index in [0.717, 1.165) is 5.69 Å². The Kier molecular flexibility index (Phi) is 4.30. The molecule has 5 nitrogen and oxygen atoms in total. The van der Waals surface area contributed by atoms with Gasteiger partial charge in [0.25, 0.3) is 0 Å². The number of methoxy groups -OCH3 is 1. The predicted molar refractivity (Wildman–Crippen MR) is 71.5 cm³/mol. The van der Waals surface area contributed by atoms with Gasteiger partial charge in [-0.15, -0.1) is 0 Å². The van der Waals surface area contributed by atoms with Gasteiger partial charge < -0.3 is 15.0 Å². The molecule has 0 aliphatic rings. The third-order valence-corrected chi connectivity index (χ3v) is 2.93. The molecule has 100 valence electrons. The van der Waals surface area contributed by atoms with E-state index in [-0.39, 0.29) is 0 Å². The van der Waals surface area contributed by atoms with Crippen LogP contribution in [0, 0.1) is 0 Å². The number of esters is 1. The molecule has 0 radical (unpaired) electrons. The highest BCUT2D eigenvalue weighted by atomic mass is 16.5. The topological polar surface area (TPSA) is 70.1 Å². The highest BCUT2D eigenvalue weighted by Gasteiger charge is 2.16. The van der Waals surface area contributed by atoms with Crippen LogP contribution in [0.1, 0.15) is 11.3 Å². The van der Waals surface area contributed by atoms with Gasteiger partial charge >= 0.3 is 5.97 Å². The first kappa shape index (κ1) is 13.3. The molecule has 1 aromatic carbocycles. The van der Waals surface area contributed by atoms with Gasteiger partial charge in [0.1, 0.15) is 6.04 Å². The van der Waals surface area contributed by atoms with Gasteiger partial charge in [-0.1, -0.05) is 30.3 Å². The predicted octanol–water partition coefficient (Wildman–Crippen LogP) is 0.974. The molecule has 1 aromatic heterocycles. The Morgan fingerprint density at radius 3 is 2.84 bits per heavy atom. The van der Waals surface area contributed by atoms with Crippen molar-refractivity contribution in [2.75, 3.05) is 7.11 Å². The minimum absolute atomic E-state index is 0.410. The number of imidazole rings is 1. The molecule has 0 bridgehead atoms. The Hall–Kier alpha value is -2.14. The number of hydrogen-bond acceptors (Lipinski definition) is 4. The maximum atomic E-state index is 11.3. The van der Waals surface area contributed by atoms with Gasteiger partial charge in [0.05, 0.1) is 13.4 Å². The summed E-state index contributed by atoms with van der Waals surface area (Å²) in [5.41, 5.74) is 7.86. The summed E-state index contributed by atoms with van der Waals surface area (Å²) in [6, 6.07) is 9.40. The molecule has 19 heavy (non-hydrogen) atoms. The van der Waals surface area contributed by atoms with E-state index in [1.54, 1.807) is 12.5 Å². The first-order valence-electron chi connectivity index (χ1n) is 6.07. The summed E-state index contributed by atoms with van der Waals surface area (Å²) in [5, 5.41) is 0. The van der Waals surface area contributed by atoms with Crippen molar-refractivity contribution in [1.82, 2.24) is 9.55 Å². The third kappa shape index (κ3) is 3.42. The van der Waals surface area contributed by atoms with Crippen LogP contribution in [-0.4, -0.2) is 28.7 Å². The molecule has 0 aliphatic carbocycles. The average Bonchev–Trinajstić information content (AvgIpc) is 2.86. The number of benzene rings is 1. The lowest BCUT2D eigenvalue weighted by atomic mass is 10.1. The lowest BCUT2D eigenvalue weighted by molar-refractivity contribution is -0.142. The van der Waals surface area contributed by atoms with E-state index >= 15 is 0 Å². The van der Waals surface area contributed by atoms with Gasteiger partial charge in [-0.05, 0) is 5.56 Å². The van der Waals surface area contributed by atoms with Crippen molar-refractivity contribution in [3.8, 4) is 0 Å². The van der Waals surface area contributed by atoms with E-state index in [2.05, 4.69) is 9.72 Å². The Bertz CT molecular complexity index is 537. The van der Waals surface area contributed by atoms with Gasteiger partial charge in [-0.25, -0.2) is 4.98 Å². The quantitative estimate of drug-likeness (QED) is 0.812. The maximum Gasteiger partial charge on any atom is 0.323 e. The summed E-state index contributed by atoms with van der Waals surface area (Å²) in [5.74, 6) is -0.410. The third-order valence-electron chi connectivity index (χ3n) is 2.93. The number of carbonyl (C=O) groups is 1.